The summed E-state index contributed by atoms with van der Waals surface area (Å²) in [4.78, 5) is 4.54. The van der Waals surface area contributed by atoms with Crippen LogP contribution in [0.5, 0.6) is 0 Å². The van der Waals surface area contributed by atoms with E-state index in [0.29, 0.717) is 0 Å². The lowest BCUT2D eigenvalue weighted by Gasteiger charge is -2.25. The molecule has 7 aromatic rings. The Kier molecular flexibility index (Phi) is 9.01. The zero-order chi connectivity index (χ0) is 34.0. The lowest BCUT2D eigenvalue weighted by Crippen LogP contribution is -2.35. The SMILES string of the molecule is C=NC(NC(NCc1ccccc1)c1ccccc1)c1ccc(-n2c3ccccc3c3c4c(ccc32)-c2ccccc2C4(C)C)cc1.CC. The van der Waals surface area contributed by atoms with Gasteiger partial charge in [-0.25, -0.2) is 0 Å². The van der Waals surface area contributed by atoms with Gasteiger partial charge in [0.2, 0.25) is 0 Å². The van der Waals surface area contributed by atoms with Gasteiger partial charge < -0.3 is 4.57 Å². The van der Waals surface area contributed by atoms with Crippen LogP contribution < -0.4 is 10.6 Å². The Balaban J connectivity index is 0.00000186. The molecule has 1 aromatic heterocycles. The Morgan fingerprint density at radius 2 is 1.31 bits per heavy atom. The van der Waals surface area contributed by atoms with Crippen molar-refractivity contribution in [1.29, 1.82) is 0 Å². The highest BCUT2D eigenvalue weighted by molar-refractivity contribution is 6.14. The van der Waals surface area contributed by atoms with E-state index in [0.717, 1.165) is 23.4 Å². The van der Waals surface area contributed by atoms with E-state index < -0.39 is 0 Å². The summed E-state index contributed by atoms with van der Waals surface area (Å²) in [6, 6.07) is 52.0. The first-order valence-corrected chi connectivity index (χ1v) is 17.4. The summed E-state index contributed by atoms with van der Waals surface area (Å²) in [7, 11) is 0. The maximum Gasteiger partial charge on any atom is 0.126 e. The largest absolute Gasteiger partial charge is 0.309 e. The topological polar surface area (TPSA) is 41.4 Å². The lowest BCUT2D eigenvalue weighted by atomic mass is 9.80. The fraction of sp³-hybridized carbons (Fsp3) is 0.178. The number of rotatable bonds is 9. The number of benzene rings is 6. The van der Waals surface area contributed by atoms with Crippen LogP contribution in [0.25, 0.3) is 38.6 Å². The molecule has 0 saturated heterocycles. The number of para-hydroxylation sites is 1. The van der Waals surface area contributed by atoms with Gasteiger partial charge in [0.25, 0.3) is 0 Å². The first kappa shape index (κ1) is 32.3. The number of nitrogens with zero attached hydrogens (tertiary/aromatic N) is 2. The number of hydrogen-bond donors (Lipinski definition) is 2. The molecule has 244 valence electrons. The molecule has 1 heterocycles. The van der Waals surface area contributed by atoms with Crippen LogP contribution in [0.3, 0.4) is 0 Å². The van der Waals surface area contributed by atoms with Crippen LogP contribution in [0.1, 0.15) is 67.8 Å². The average Bonchev–Trinajstić information content (AvgIpc) is 3.62. The number of fused-ring (bicyclic) bond motifs is 7. The molecule has 2 N–H and O–H groups in total. The molecular weight excluding hydrogens is 597 g/mol. The minimum Gasteiger partial charge on any atom is -0.309 e. The lowest BCUT2D eigenvalue weighted by molar-refractivity contribution is 0.388. The van der Waals surface area contributed by atoms with Gasteiger partial charge in [-0.15, -0.1) is 0 Å². The Hall–Kier alpha value is -5.29. The third kappa shape index (κ3) is 5.78. The second kappa shape index (κ2) is 13.7. The Bertz CT molecular complexity index is 2210. The van der Waals surface area contributed by atoms with E-state index in [4.69, 9.17) is 0 Å². The van der Waals surface area contributed by atoms with E-state index in [1.54, 1.807) is 0 Å². The number of aromatic nitrogens is 1. The summed E-state index contributed by atoms with van der Waals surface area (Å²) < 4.78 is 2.41. The minimum absolute atomic E-state index is 0.0946. The summed E-state index contributed by atoms with van der Waals surface area (Å²) in [5.74, 6) is 0. The molecule has 0 amide bonds. The third-order valence-corrected chi connectivity index (χ3v) is 9.81. The van der Waals surface area contributed by atoms with Crippen LogP contribution in [0, 0.1) is 0 Å². The second-order valence-electron chi connectivity index (χ2n) is 13.0. The predicted octanol–water partition coefficient (Wildman–Crippen LogP) is 10.9. The zero-order valence-corrected chi connectivity index (χ0v) is 28.8. The van der Waals surface area contributed by atoms with Gasteiger partial charge in [0, 0.05) is 28.4 Å². The molecule has 2 unspecified atom stereocenters. The molecule has 0 saturated carbocycles. The molecule has 0 bridgehead atoms. The van der Waals surface area contributed by atoms with Crippen molar-refractivity contribution >= 4 is 28.5 Å². The van der Waals surface area contributed by atoms with Gasteiger partial charge in [0.15, 0.2) is 0 Å². The van der Waals surface area contributed by atoms with Crippen molar-refractivity contribution in [1.82, 2.24) is 15.2 Å². The quantitative estimate of drug-likeness (QED) is 0.122. The molecule has 2 atom stereocenters. The van der Waals surface area contributed by atoms with Gasteiger partial charge >= 0.3 is 0 Å². The third-order valence-electron chi connectivity index (χ3n) is 9.81. The van der Waals surface area contributed by atoms with Crippen LogP contribution in [-0.2, 0) is 12.0 Å². The Morgan fingerprint density at radius 1 is 0.653 bits per heavy atom. The standard InChI is InChI=1S/C43H38N4.C2H6/c1-43(2)36-20-12-10-18-33(36)34-26-27-38-39(40(34)43)35-19-11-13-21-37(35)47(38)32-24-22-31(23-25-32)41(44-3)46-42(30-16-8-5-9-17-30)45-28-29-14-6-4-7-15-29;1-2/h4-27,41-42,45-46H,3,28H2,1-2H3;1-2H3. The van der Waals surface area contributed by atoms with Crippen molar-refractivity contribution in [2.75, 3.05) is 0 Å². The van der Waals surface area contributed by atoms with Gasteiger partial charge in [-0.2, -0.15) is 0 Å². The Morgan fingerprint density at radius 3 is 2.04 bits per heavy atom. The van der Waals surface area contributed by atoms with Gasteiger partial charge in [-0.05, 0) is 69.9 Å². The van der Waals surface area contributed by atoms with Gasteiger partial charge in [0.05, 0.1) is 17.2 Å². The van der Waals surface area contributed by atoms with Crippen molar-refractivity contribution in [2.45, 2.75) is 52.0 Å². The number of nitrogens with one attached hydrogen (secondary N) is 2. The van der Waals surface area contributed by atoms with E-state index in [-0.39, 0.29) is 17.7 Å². The summed E-state index contributed by atoms with van der Waals surface area (Å²) in [6.07, 6.45) is -0.406. The van der Waals surface area contributed by atoms with Gasteiger partial charge in [-0.3, -0.25) is 15.6 Å². The molecule has 4 nitrogen and oxygen atoms in total. The van der Waals surface area contributed by atoms with Crippen molar-refractivity contribution < 1.29 is 0 Å². The molecule has 0 aliphatic heterocycles. The molecular formula is C45H44N4. The predicted molar refractivity (Wildman–Crippen MR) is 208 cm³/mol. The second-order valence-corrected chi connectivity index (χ2v) is 13.0. The highest BCUT2D eigenvalue weighted by Gasteiger charge is 2.38. The van der Waals surface area contributed by atoms with Crippen molar-refractivity contribution in [2.24, 2.45) is 4.99 Å². The Labute approximate surface area is 290 Å². The average molecular weight is 641 g/mol. The monoisotopic (exact) mass is 640 g/mol. The fourth-order valence-corrected chi connectivity index (χ4v) is 7.56. The van der Waals surface area contributed by atoms with E-state index in [1.165, 1.54) is 49.6 Å². The van der Waals surface area contributed by atoms with Crippen LogP contribution in [0.2, 0.25) is 0 Å². The maximum absolute atomic E-state index is 4.54. The van der Waals surface area contributed by atoms with E-state index in [9.17, 15) is 0 Å². The summed E-state index contributed by atoms with van der Waals surface area (Å²) >= 11 is 0. The zero-order valence-electron chi connectivity index (χ0n) is 28.8. The van der Waals surface area contributed by atoms with Gasteiger partial charge in [-0.1, -0.05) is 149 Å². The van der Waals surface area contributed by atoms with E-state index in [1.807, 2.05) is 26.0 Å². The van der Waals surface area contributed by atoms with Crippen molar-refractivity contribution in [3.05, 3.63) is 173 Å². The summed E-state index contributed by atoms with van der Waals surface area (Å²) in [5, 5.41) is 10.0. The highest BCUT2D eigenvalue weighted by Crippen LogP contribution is 2.53. The minimum atomic E-state index is -0.293. The van der Waals surface area contributed by atoms with Crippen molar-refractivity contribution in [3.63, 3.8) is 0 Å². The molecule has 8 rings (SSSR count). The van der Waals surface area contributed by atoms with E-state index >= 15 is 0 Å². The molecule has 0 fully saturated rings. The van der Waals surface area contributed by atoms with Crippen LogP contribution in [0.15, 0.2) is 151 Å². The fourth-order valence-electron chi connectivity index (χ4n) is 7.56. The smallest absolute Gasteiger partial charge is 0.126 e. The van der Waals surface area contributed by atoms with E-state index in [2.05, 4.69) is 174 Å². The molecule has 1 aliphatic rings. The number of hydrogen-bond acceptors (Lipinski definition) is 3. The van der Waals surface area contributed by atoms with Crippen LogP contribution >= 0.6 is 0 Å². The van der Waals surface area contributed by atoms with Gasteiger partial charge in [0.1, 0.15) is 6.17 Å². The molecule has 4 heteroatoms. The molecule has 1 aliphatic carbocycles. The summed E-state index contributed by atoms with van der Waals surface area (Å²) in [5.41, 5.74) is 12.4. The molecule has 49 heavy (non-hydrogen) atoms. The van der Waals surface area contributed by atoms with Crippen molar-refractivity contribution in [3.8, 4) is 16.8 Å². The highest BCUT2D eigenvalue weighted by atomic mass is 15.2. The first-order valence-electron chi connectivity index (χ1n) is 17.4. The maximum atomic E-state index is 4.54. The normalized spacial score (nSPS) is 14.0. The summed E-state index contributed by atoms with van der Waals surface area (Å²) in [6.45, 7) is 13.4. The molecule has 6 aromatic carbocycles. The van der Waals surface area contributed by atoms with Crippen LogP contribution in [-0.4, -0.2) is 11.3 Å². The first-order chi connectivity index (χ1) is 24.0. The number of aliphatic imine (C=N–C) groups is 1. The van der Waals surface area contributed by atoms with Crippen LogP contribution in [0.4, 0.5) is 0 Å². The molecule has 0 spiro atoms. The molecule has 0 radical (unpaired) electrons.